The number of nitrogens with one attached hydrogen (secondary N) is 2. The second kappa shape index (κ2) is 9.97. The minimum Gasteiger partial charge on any atom is -0.357 e. The van der Waals surface area contributed by atoms with Gasteiger partial charge in [0.25, 0.3) is 0 Å². The van der Waals surface area contributed by atoms with Crippen LogP contribution in [0.1, 0.15) is 44.6 Å². The molecule has 0 heterocycles. The Hall–Kier alpha value is -0.850. The highest BCUT2D eigenvalue weighted by atomic mass is 127. The molecule has 0 radical (unpaired) electrons. The van der Waals surface area contributed by atoms with Gasteiger partial charge in [-0.15, -0.1) is 24.0 Å². The van der Waals surface area contributed by atoms with Crippen molar-refractivity contribution >= 4 is 29.9 Å². The van der Waals surface area contributed by atoms with Crippen LogP contribution >= 0.6 is 24.0 Å². The van der Waals surface area contributed by atoms with Crippen LogP contribution in [-0.4, -0.2) is 18.5 Å². The number of rotatable bonds is 4. The number of hydrogen-bond acceptors (Lipinski definition) is 1. The maximum absolute atomic E-state index is 13.1. The van der Waals surface area contributed by atoms with Gasteiger partial charge < -0.3 is 10.6 Å². The summed E-state index contributed by atoms with van der Waals surface area (Å²) in [6, 6.07) is 7.14. The van der Waals surface area contributed by atoms with E-state index in [4.69, 9.17) is 0 Å². The Morgan fingerprint density at radius 2 is 2.05 bits per heavy atom. The van der Waals surface area contributed by atoms with Crippen molar-refractivity contribution in [3.8, 4) is 0 Å². The van der Waals surface area contributed by atoms with Crippen LogP contribution in [0.15, 0.2) is 29.3 Å². The molecule has 1 saturated carbocycles. The summed E-state index contributed by atoms with van der Waals surface area (Å²) in [6.07, 6.45) is 6.35. The molecule has 0 bridgehead atoms. The smallest absolute Gasteiger partial charge is 0.191 e. The summed E-state index contributed by atoms with van der Waals surface area (Å²) >= 11 is 0. The summed E-state index contributed by atoms with van der Waals surface area (Å²) in [5.41, 5.74) is 0.894. The second-order valence-electron chi connectivity index (χ2n) is 5.30. The van der Waals surface area contributed by atoms with Gasteiger partial charge in [-0.3, -0.25) is 0 Å². The first-order valence-corrected chi connectivity index (χ1v) is 7.57. The van der Waals surface area contributed by atoms with Gasteiger partial charge in [0, 0.05) is 12.6 Å². The average molecular weight is 405 g/mol. The SMILES string of the molecule is CCNC(=NCc1cccc(F)c1)NC1CCCCC1.I. The van der Waals surface area contributed by atoms with Gasteiger partial charge in [-0.25, -0.2) is 9.38 Å². The Bertz CT molecular complexity index is 445. The summed E-state index contributed by atoms with van der Waals surface area (Å²) in [5, 5.41) is 6.75. The van der Waals surface area contributed by atoms with E-state index in [1.54, 1.807) is 6.07 Å². The number of guanidine groups is 1. The van der Waals surface area contributed by atoms with E-state index in [1.165, 1.54) is 44.2 Å². The highest BCUT2D eigenvalue weighted by molar-refractivity contribution is 14.0. The number of nitrogens with zero attached hydrogens (tertiary/aromatic N) is 1. The first-order chi connectivity index (χ1) is 9.78. The molecule has 1 fully saturated rings. The Morgan fingerprint density at radius 3 is 2.71 bits per heavy atom. The molecule has 3 nitrogen and oxygen atoms in total. The topological polar surface area (TPSA) is 36.4 Å². The van der Waals surface area contributed by atoms with E-state index in [2.05, 4.69) is 22.5 Å². The predicted molar refractivity (Wildman–Crippen MR) is 96.6 cm³/mol. The fraction of sp³-hybridized carbons (Fsp3) is 0.562. The highest BCUT2D eigenvalue weighted by Gasteiger charge is 2.14. The molecule has 5 heteroatoms. The van der Waals surface area contributed by atoms with Crippen LogP contribution in [0.25, 0.3) is 0 Å². The summed E-state index contributed by atoms with van der Waals surface area (Å²) in [4.78, 5) is 4.55. The first-order valence-electron chi connectivity index (χ1n) is 7.57. The van der Waals surface area contributed by atoms with Crippen molar-refractivity contribution in [2.75, 3.05) is 6.54 Å². The van der Waals surface area contributed by atoms with Crippen molar-refractivity contribution < 1.29 is 4.39 Å². The third-order valence-electron chi connectivity index (χ3n) is 3.60. The van der Waals surface area contributed by atoms with Gasteiger partial charge in [0.2, 0.25) is 0 Å². The Balaban J connectivity index is 0.00000220. The first kappa shape index (κ1) is 18.2. The van der Waals surface area contributed by atoms with Crippen LogP contribution in [0.3, 0.4) is 0 Å². The van der Waals surface area contributed by atoms with Gasteiger partial charge in [0.1, 0.15) is 5.82 Å². The molecule has 1 aromatic carbocycles. The molecule has 0 amide bonds. The molecule has 0 spiro atoms. The zero-order valence-electron chi connectivity index (χ0n) is 12.6. The van der Waals surface area contributed by atoms with Crippen molar-refractivity contribution in [3.63, 3.8) is 0 Å². The van der Waals surface area contributed by atoms with E-state index < -0.39 is 0 Å². The molecule has 118 valence electrons. The Labute approximate surface area is 143 Å². The molecule has 2 rings (SSSR count). The molecule has 1 aliphatic rings. The lowest BCUT2D eigenvalue weighted by atomic mass is 9.96. The minimum atomic E-state index is -0.206. The van der Waals surface area contributed by atoms with Crippen LogP contribution in [0.4, 0.5) is 4.39 Å². The summed E-state index contributed by atoms with van der Waals surface area (Å²) in [6.45, 7) is 3.39. The number of aliphatic imine (C=N–C) groups is 1. The highest BCUT2D eigenvalue weighted by Crippen LogP contribution is 2.17. The lowest BCUT2D eigenvalue weighted by Crippen LogP contribution is -2.44. The van der Waals surface area contributed by atoms with Crippen LogP contribution < -0.4 is 10.6 Å². The molecule has 1 aromatic rings. The fourth-order valence-corrected chi connectivity index (χ4v) is 2.57. The third-order valence-corrected chi connectivity index (χ3v) is 3.60. The average Bonchev–Trinajstić information content (AvgIpc) is 2.46. The number of halogens is 2. The van der Waals surface area contributed by atoms with Crippen molar-refractivity contribution in [2.45, 2.75) is 51.6 Å². The van der Waals surface area contributed by atoms with Gasteiger partial charge in [-0.2, -0.15) is 0 Å². The maximum atomic E-state index is 13.1. The van der Waals surface area contributed by atoms with Crippen LogP contribution in [-0.2, 0) is 6.54 Å². The van der Waals surface area contributed by atoms with Gasteiger partial charge in [0.05, 0.1) is 6.54 Å². The zero-order valence-corrected chi connectivity index (χ0v) is 14.9. The summed E-state index contributed by atoms with van der Waals surface area (Å²) in [7, 11) is 0. The van der Waals surface area contributed by atoms with Crippen molar-refractivity contribution in [2.24, 2.45) is 4.99 Å². The quantitative estimate of drug-likeness (QED) is 0.454. The molecule has 0 aromatic heterocycles. The lowest BCUT2D eigenvalue weighted by Gasteiger charge is -2.24. The molecule has 0 atom stereocenters. The lowest BCUT2D eigenvalue weighted by molar-refractivity contribution is 0.410. The maximum Gasteiger partial charge on any atom is 0.191 e. The van der Waals surface area contributed by atoms with E-state index in [-0.39, 0.29) is 29.8 Å². The van der Waals surface area contributed by atoms with E-state index in [9.17, 15) is 4.39 Å². The van der Waals surface area contributed by atoms with Gasteiger partial charge in [-0.1, -0.05) is 31.4 Å². The predicted octanol–water partition coefficient (Wildman–Crippen LogP) is 3.83. The van der Waals surface area contributed by atoms with Crippen molar-refractivity contribution in [3.05, 3.63) is 35.6 Å². The molecule has 0 saturated heterocycles. The van der Waals surface area contributed by atoms with Crippen LogP contribution in [0.5, 0.6) is 0 Å². The monoisotopic (exact) mass is 405 g/mol. The largest absolute Gasteiger partial charge is 0.357 e. The Kier molecular flexibility index (Phi) is 8.64. The molecule has 2 N–H and O–H groups in total. The van der Waals surface area contributed by atoms with E-state index in [1.807, 2.05) is 6.07 Å². The second-order valence-corrected chi connectivity index (χ2v) is 5.30. The summed E-state index contributed by atoms with van der Waals surface area (Å²) < 4.78 is 13.1. The molecule has 0 unspecified atom stereocenters. The molecule has 21 heavy (non-hydrogen) atoms. The minimum absolute atomic E-state index is 0. The van der Waals surface area contributed by atoms with E-state index in [0.717, 1.165) is 18.1 Å². The third kappa shape index (κ3) is 6.63. The number of hydrogen-bond donors (Lipinski definition) is 2. The molecular formula is C16H25FIN3. The van der Waals surface area contributed by atoms with Crippen molar-refractivity contribution in [1.82, 2.24) is 10.6 Å². The normalized spacial score (nSPS) is 16.2. The Morgan fingerprint density at radius 1 is 1.29 bits per heavy atom. The van der Waals surface area contributed by atoms with E-state index >= 15 is 0 Å². The standard InChI is InChI=1S/C16H24FN3.HI/c1-2-18-16(20-15-9-4-3-5-10-15)19-12-13-7-6-8-14(17)11-13;/h6-8,11,15H,2-5,9-10,12H2,1H3,(H2,18,19,20);1H. The van der Waals surface area contributed by atoms with Gasteiger partial charge in [0.15, 0.2) is 5.96 Å². The molecule has 1 aliphatic carbocycles. The fourth-order valence-electron chi connectivity index (χ4n) is 2.57. The molecule has 0 aliphatic heterocycles. The summed E-state index contributed by atoms with van der Waals surface area (Å²) in [5.74, 6) is 0.631. The van der Waals surface area contributed by atoms with Gasteiger partial charge in [-0.05, 0) is 37.5 Å². The van der Waals surface area contributed by atoms with Crippen LogP contribution in [0.2, 0.25) is 0 Å². The van der Waals surface area contributed by atoms with Crippen LogP contribution in [0, 0.1) is 5.82 Å². The van der Waals surface area contributed by atoms with Gasteiger partial charge >= 0.3 is 0 Å². The van der Waals surface area contributed by atoms with E-state index in [0.29, 0.717) is 12.6 Å². The number of benzene rings is 1. The van der Waals surface area contributed by atoms with Crippen molar-refractivity contribution in [1.29, 1.82) is 0 Å². The zero-order chi connectivity index (χ0) is 14.2. The molecular weight excluding hydrogens is 380 g/mol.